The molecule has 2 heterocycles. The highest BCUT2D eigenvalue weighted by atomic mass is 16.5. The van der Waals surface area contributed by atoms with Crippen LogP contribution in [0, 0.1) is 0 Å². The standard InChI is InChI=1S/C15H25N5O2/c1-3-20-16-9-13(18-20)15(21)17-12-5-4-6-14(12)19-8-7-11(10-19)22-2/h9,11-12,14H,3-8,10H2,1-2H3,(H,17,21)/t11?,12-,14+/m1/s1. The van der Waals surface area contributed by atoms with Crippen LogP contribution in [0.5, 0.6) is 0 Å². The Bertz CT molecular complexity index is 518. The molecule has 7 nitrogen and oxygen atoms in total. The van der Waals surface area contributed by atoms with Gasteiger partial charge in [0, 0.05) is 32.3 Å². The zero-order chi connectivity index (χ0) is 15.5. The molecule has 1 saturated heterocycles. The number of nitrogens with one attached hydrogen (secondary N) is 1. The second kappa shape index (κ2) is 6.75. The highest BCUT2D eigenvalue weighted by Gasteiger charge is 2.37. The molecule has 2 fully saturated rings. The summed E-state index contributed by atoms with van der Waals surface area (Å²) in [4.78, 5) is 16.3. The molecule has 3 atom stereocenters. The van der Waals surface area contributed by atoms with Crippen molar-refractivity contribution in [1.82, 2.24) is 25.2 Å². The minimum atomic E-state index is -0.112. The third kappa shape index (κ3) is 3.15. The topological polar surface area (TPSA) is 72.3 Å². The summed E-state index contributed by atoms with van der Waals surface area (Å²) in [6.07, 6.45) is 6.29. The maximum atomic E-state index is 12.3. The Balaban J connectivity index is 1.60. The highest BCUT2D eigenvalue weighted by molar-refractivity contribution is 5.92. The van der Waals surface area contributed by atoms with Gasteiger partial charge in [-0.2, -0.15) is 9.90 Å². The van der Waals surface area contributed by atoms with Crippen molar-refractivity contribution < 1.29 is 9.53 Å². The maximum Gasteiger partial charge on any atom is 0.273 e. The molecule has 1 N–H and O–H groups in total. The van der Waals surface area contributed by atoms with Gasteiger partial charge in [-0.25, -0.2) is 0 Å². The fourth-order valence-electron chi connectivity index (χ4n) is 3.59. The predicted molar refractivity (Wildman–Crippen MR) is 81.6 cm³/mol. The Morgan fingerprint density at radius 3 is 3.00 bits per heavy atom. The average molecular weight is 307 g/mol. The van der Waals surface area contributed by atoms with Gasteiger partial charge in [-0.1, -0.05) is 0 Å². The molecule has 2 aliphatic rings. The summed E-state index contributed by atoms with van der Waals surface area (Å²) in [6.45, 7) is 4.65. The van der Waals surface area contributed by atoms with E-state index in [-0.39, 0.29) is 11.9 Å². The predicted octanol–water partition coefficient (Wildman–Crippen LogP) is 0.670. The van der Waals surface area contributed by atoms with Gasteiger partial charge in [-0.15, -0.1) is 5.10 Å². The van der Waals surface area contributed by atoms with Crippen molar-refractivity contribution in [1.29, 1.82) is 0 Å². The van der Waals surface area contributed by atoms with Gasteiger partial charge in [0.1, 0.15) is 0 Å². The molecule has 1 aliphatic heterocycles. The van der Waals surface area contributed by atoms with Crippen molar-refractivity contribution in [3.63, 3.8) is 0 Å². The third-order valence-electron chi connectivity index (χ3n) is 4.83. The summed E-state index contributed by atoms with van der Waals surface area (Å²) in [7, 11) is 1.78. The smallest absolute Gasteiger partial charge is 0.273 e. The van der Waals surface area contributed by atoms with Gasteiger partial charge >= 0.3 is 0 Å². The van der Waals surface area contributed by atoms with Crippen LogP contribution in [-0.2, 0) is 11.3 Å². The molecule has 0 aromatic carbocycles. The van der Waals surface area contributed by atoms with Gasteiger partial charge in [0.15, 0.2) is 5.69 Å². The van der Waals surface area contributed by atoms with Crippen LogP contribution in [-0.4, -0.2) is 64.2 Å². The second-order valence-corrected chi connectivity index (χ2v) is 6.14. The SMILES string of the molecule is CCn1ncc(C(=O)N[C@@H]2CCC[C@@H]2N2CCC(OC)C2)n1. The molecule has 3 rings (SSSR count). The van der Waals surface area contributed by atoms with E-state index in [1.165, 1.54) is 4.80 Å². The molecule has 1 amide bonds. The number of ether oxygens (including phenoxy) is 1. The van der Waals surface area contributed by atoms with Crippen LogP contribution in [0.2, 0.25) is 0 Å². The van der Waals surface area contributed by atoms with Gasteiger partial charge in [-0.05, 0) is 32.6 Å². The van der Waals surface area contributed by atoms with E-state index in [2.05, 4.69) is 20.4 Å². The van der Waals surface area contributed by atoms with Gasteiger partial charge in [0.25, 0.3) is 5.91 Å². The molecule has 0 bridgehead atoms. The summed E-state index contributed by atoms with van der Waals surface area (Å²) in [6, 6.07) is 0.625. The third-order valence-corrected chi connectivity index (χ3v) is 4.83. The van der Waals surface area contributed by atoms with Gasteiger partial charge < -0.3 is 10.1 Å². The lowest BCUT2D eigenvalue weighted by atomic mass is 10.1. The maximum absolute atomic E-state index is 12.3. The van der Waals surface area contributed by atoms with Crippen LogP contribution in [0.25, 0.3) is 0 Å². The number of nitrogens with zero attached hydrogens (tertiary/aromatic N) is 4. The first kappa shape index (κ1) is 15.4. The average Bonchev–Trinajstić information content (AvgIpc) is 3.26. The first-order valence-electron chi connectivity index (χ1n) is 8.19. The summed E-state index contributed by atoms with van der Waals surface area (Å²) in [5, 5.41) is 11.4. The summed E-state index contributed by atoms with van der Waals surface area (Å²) in [5.41, 5.74) is 0.406. The first-order valence-corrected chi connectivity index (χ1v) is 8.19. The van der Waals surface area contributed by atoms with Crippen molar-refractivity contribution in [3.8, 4) is 0 Å². The Morgan fingerprint density at radius 1 is 1.45 bits per heavy atom. The number of carbonyl (C=O) groups is 1. The van der Waals surface area contributed by atoms with E-state index in [1.54, 1.807) is 13.3 Å². The fraction of sp³-hybridized carbons (Fsp3) is 0.800. The molecule has 1 saturated carbocycles. The molecule has 22 heavy (non-hydrogen) atoms. The van der Waals surface area contributed by atoms with E-state index >= 15 is 0 Å². The van der Waals surface area contributed by atoms with Crippen molar-refractivity contribution in [2.24, 2.45) is 0 Å². The normalized spacial score (nSPS) is 29.1. The Kier molecular flexibility index (Phi) is 4.73. The second-order valence-electron chi connectivity index (χ2n) is 6.14. The number of hydrogen-bond donors (Lipinski definition) is 1. The van der Waals surface area contributed by atoms with Gasteiger partial charge in [0.2, 0.25) is 0 Å². The van der Waals surface area contributed by atoms with Crippen LogP contribution >= 0.6 is 0 Å². The van der Waals surface area contributed by atoms with E-state index in [9.17, 15) is 4.79 Å². The van der Waals surface area contributed by atoms with Crippen molar-refractivity contribution in [2.45, 2.75) is 57.3 Å². The number of amides is 1. The molecule has 7 heteroatoms. The number of carbonyl (C=O) groups excluding carboxylic acids is 1. The Hall–Kier alpha value is -1.47. The lowest BCUT2D eigenvalue weighted by Crippen LogP contribution is -2.48. The summed E-state index contributed by atoms with van der Waals surface area (Å²) in [5.74, 6) is -0.112. The van der Waals surface area contributed by atoms with Crippen molar-refractivity contribution in [3.05, 3.63) is 11.9 Å². The monoisotopic (exact) mass is 307 g/mol. The highest BCUT2D eigenvalue weighted by Crippen LogP contribution is 2.28. The minimum Gasteiger partial charge on any atom is -0.380 e. The van der Waals surface area contributed by atoms with Crippen LogP contribution < -0.4 is 5.32 Å². The zero-order valence-electron chi connectivity index (χ0n) is 13.4. The van der Waals surface area contributed by atoms with E-state index in [4.69, 9.17) is 4.74 Å². The van der Waals surface area contributed by atoms with Gasteiger partial charge in [0.05, 0.1) is 18.8 Å². The van der Waals surface area contributed by atoms with Crippen molar-refractivity contribution >= 4 is 5.91 Å². The van der Waals surface area contributed by atoms with Crippen LogP contribution in [0.15, 0.2) is 6.20 Å². The molecule has 0 spiro atoms. The largest absolute Gasteiger partial charge is 0.380 e. The number of hydrogen-bond acceptors (Lipinski definition) is 5. The number of rotatable bonds is 5. The Morgan fingerprint density at radius 2 is 2.32 bits per heavy atom. The molecule has 1 aliphatic carbocycles. The fourth-order valence-corrected chi connectivity index (χ4v) is 3.59. The van der Waals surface area contributed by atoms with Crippen molar-refractivity contribution in [2.75, 3.05) is 20.2 Å². The first-order chi connectivity index (χ1) is 10.7. The van der Waals surface area contributed by atoms with E-state index < -0.39 is 0 Å². The van der Waals surface area contributed by atoms with E-state index in [0.29, 0.717) is 24.4 Å². The number of aryl methyl sites for hydroxylation is 1. The van der Waals surface area contributed by atoms with Gasteiger partial charge in [-0.3, -0.25) is 9.69 Å². The molecule has 0 radical (unpaired) electrons. The molecular formula is C15H25N5O2. The quantitative estimate of drug-likeness (QED) is 0.865. The van der Waals surface area contributed by atoms with Crippen LogP contribution in [0.4, 0.5) is 0 Å². The molecule has 122 valence electrons. The van der Waals surface area contributed by atoms with Crippen LogP contribution in [0.3, 0.4) is 0 Å². The number of methoxy groups -OCH3 is 1. The number of aromatic nitrogens is 3. The number of likely N-dealkylation sites (tertiary alicyclic amines) is 1. The van der Waals surface area contributed by atoms with E-state index in [0.717, 1.165) is 38.8 Å². The zero-order valence-corrected chi connectivity index (χ0v) is 13.4. The Labute approximate surface area is 131 Å². The molecule has 1 aromatic heterocycles. The lowest BCUT2D eigenvalue weighted by molar-refractivity contribution is 0.0868. The summed E-state index contributed by atoms with van der Waals surface area (Å²) >= 11 is 0. The van der Waals surface area contributed by atoms with E-state index in [1.807, 2.05) is 6.92 Å². The molecular weight excluding hydrogens is 282 g/mol. The molecule has 1 aromatic rings. The molecule has 1 unspecified atom stereocenters. The summed E-state index contributed by atoms with van der Waals surface area (Å²) < 4.78 is 5.45. The minimum absolute atomic E-state index is 0.112. The lowest BCUT2D eigenvalue weighted by Gasteiger charge is -2.29. The van der Waals surface area contributed by atoms with Crippen LogP contribution in [0.1, 0.15) is 43.1 Å².